The van der Waals surface area contributed by atoms with Gasteiger partial charge in [-0.1, -0.05) is 120 Å². The van der Waals surface area contributed by atoms with Gasteiger partial charge in [0.05, 0.1) is 19.0 Å². The molecule has 9 amide bonds. The topological polar surface area (TPSA) is 430 Å². The predicted octanol–water partition coefficient (Wildman–Crippen LogP) is 0.742. The molecule has 2 aliphatic rings. The van der Waals surface area contributed by atoms with Gasteiger partial charge in [-0.2, -0.15) is 0 Å². The van der Waals surface area contributed by atoms with Crippen LogP contribution >= 0.6 is 0 Å². The van der Waals surface area contributed by atoms with Crippen molar-refractivity contribution in [2.24, 2.45) is 34.0 Å². The first kappa shape index (κ1) is 74.6. The van der Waals surface area contributed by atoms with E-state index in [0.717, 1.165) is 18.4 Å². The number of aliphatic hydroxyl groups excluding tert-OH is 1. The molecule has 28 nitrogen and oxygen atoms in total. The summed E-state index contributed by atoms with van der Waals surface area (Å²) in [6, 6.07) is 12.6. The number of benzene rings is 3. The fourth-order valence-electron chi connectivity index (χ4n) is 11.4. The molecule has 0 bridgehead atoms. The highest BCUT2D eigenvalue weighted by molar-refractivity contribution is 5.99. The second-order valence-electron chi connectivity index (χ2n) is 24.9. The summed E-state index contributed by atoms with van der Waals surface area (Å²) in [5.41, 5.74) is 20.0. The average Bonchev–Trinajstić information content (AvgIpc) is 2.00. The monoisotopic (exact) mass is 1320 g/mol. The number of carbonyl (C=O) groups excluding carboxylic acids is 9. The van der Waals surface area contributed by atoms with Gasteiger partial charge < -0.3 is 84.2 Å². The number of rotatable bonds is 37. The van der Waals surface area contributed by atoms with Crippen molar-refractivity contribution in [3.05, 3.63) is 120 Å². The zero-order chi connectivity index (χ0) is 69.1. The molecule has 95 heavy (non-hydrogen) atoms. The van der Waals surface area contributed by atoms with E-state index in [0.29, 0.717) is 61.4 Å². The van der Waals surface area contributed by atoms with E-state index in [1.165, 1.54) is 22.3 Å². The van der Waals surface area contributed by atoms with Crippen molar-refractivity contribution >= 4 is 65.1 Å². The van der Waals surface area contributed by atoms with Crippen LogP contribution in [0.1, 0.15) is 121 Å². The fraction of sp³-hybridized carbons (Fsp3) is 0.522. The molecule has 0 unspecified atom stereocenters. The molecule has 2 saturated heterocycles. The number of aliphatic imine (C=N–C) groups is 1. The minimum Gasteiger partial charge on any atom is -0.489 e. The van der Waals surface area contributed by atoms with Crippen LogP contribution < -0.4 is 59.2 Å². The number of nitrogens with one attached hydrogen (secondary N) is 8. The lowest BCUT2D eigenvalue weighted by Crippen LogP contribution is -2.61. The van der Waals surface area contributed by atoms with Gasteiger partial charge in [-0.15, -0.1) is 0 Å². The van der Waals surface area contributed by atoms with Crippen molar-refractivity contribution in [3.63, 3.8) is 0 Å². The summed E-state index contributed by atoms with van der Waals surface area (Å²) < 4.78 is 5.89. The molecule has 16 N–H and O–H groups in total. The molecule has 3 heterocycles. The number of hydrogen-bond acceptors (Lipinski definition) is 15. The highest BCUT2D eigenvalue weighted by atomic mass is 16.5. The number of amides is 9. The minimum absolute atomic E-state index is 0.0104. The first-order valence-corrected chi connectivity index (χ1v) is 32.6. The molecule has 4 aromatic rings. The van der Waals surface area contributed by atoms with Crippen LogP contribution in [0.15, 0.2) is 102 Å². The first-order chi connectivity index (χ1) is 45.5. The van der Waals surface area contributed by atoms with E-state index >= 15 is 0 Å². The van der Waals surface area contributed by atoms with Gasteiger partial charge in [0.25, 0.3) is 0 Å². The number of carboxylic acids is 1. The molecule has 516 valence electrons. The lowest BCUT2D eigenvalue weighted by molar-refractivity contribution is -0.144. The van der Waals surface area contributed by atoms with E-state index < -0.39 is 126 Å². The maximum Gasteiger partial charge on any atom is 0.326 e. The maximum atomic E-state index is 14.8. The van der Waals surface area contributed by atoms with Crippen LogP contribution in [0.2, 0.25) is 0 Å². The minimum atomic E-state index is -1.73. The fourth-order valence-corrected chi connectivity index (χ4v) is 11.4. The zero-order valence-electron chi connectivity index (χ0n) is 54.8. The summed E-state index contributed by atoms with van der Waals surface area (Å²) in [4.78, 5) is 154. The average molecular weight is 1320 g/mol. The van der Waals surface area contributed by atoms with Crippen LogP contribution in [0.5, 0.6) is 5.75 Å². The number of aromatic amines is 1. The van der Waals surface area contributed by atoms with Gasteiger partial charge in [-0.3, -0.25) is 48.1 Å². The third-order valence-electron chi connectivity index (χ3n) is 16.6. The Morgan fingerprint density at radius 2 is 1.14 bits per heavy atom. The molecule has 0 aliphatic carbocycles. The third-order valence-corrected chi connectivity index (χ3v) is 16.6. The van der Waals surface area contributed by atoms with Gasteiger partial charge in [-0.25, -0.2) is 9.78 Å². The zero-order valence-corrected chi connectivity index (χ0v) is 54.8. The van der Waals surface area contributed by atoms with E-state index in [4.69, 9.17) is 21.9 Å². The molecule has 1 aromatic heterocycles. The number of likely N-dealkylation sites (tertiary alicyclic amines) is 2. The first-order valence-electron chi connectivity index (χ1n) is 32.6. The van der Waals surface area contributed by atoms with Gasteiger partial charge in [0.1, 0.15) is 66.7 Å². The smallest absolute Gasteiger partial charge is 0.326 e. The third kappa shape index (κ3) is 23.2. The summed E-state index contributed by atoms with van der Waals surface area (Å²) in [6.07, 6.45) is 6.04. The summed E-state index contributed by atoms with van der Waals surface area (Å²) in [6.45, 7) is 8.75. The molecule has 0 spiro atoms. The summed E-state index contributed by atoms with van der Waals surface area (Å²) in [5, 5.41) is 39.8. The van der Waals surface area contributed by atoms with Crippen LogP contribution in [-0.4, -0.2) is 182 Å². The van der Waals surface area contributed by atoms with Crippen LogP contribution in [0.3, 0.4) is 0 Å². The SMILES string of the molecule is CCCC[C@H](N)C(=O)N1CCC[C@H]1C(=O)N[C@@H](CC(C)C)C(=O)N[C@@H](Cc1cnc[nH]1)C(=O)N[C@@H](CO)C(=O)N[C@@H](CCCN=C(N)N)C(=O)N[C@H](C(=O)N1CCC[C@H]1C(=O)N[C@@H](Cc1ccccc1)C(=O)N[C@@H](Cc1ccc(OCc2ccccc2)cc1)C(=O)O)C(C)C. The molecular formula is C67H95N15O13. The Bertz CT molecular complexity index is 3210. The van der Waals surface area contributed by atoms with E-state index in [1.807, 2.05) is 51.1 Å². The number of unbranched alkanes of at least 4 members (excludes halogenated alkanes) is 1. The van der Waals surface area contributed by atoms with Gasteiger partial charge in [0.2, 0.25) is 53.2 Å². The number of aliphatic hydroxyl groups is 1. The molecule has 0 radical (unpaired) electrons. The predicted molar refractivity (Wildman–Crippen MR) is 353 cm³/mol. The second kappa shape index (κ2) is 37.5. The quantitative estimate of drug-likeness (QED) is 0.0168. The Morgan fingerprint density at radius 3 is 1.69 bits per heavy atom. The molecular weight excluding hydrogens is 1220 g/mol. The highest BCUT2D eigenvalue weighted by Crippen LogP contribution is 2.24. The maximum absolute atomic E-state index is 14.8. The number of aromatic nitrogens is 2. The molecule has 2 fully saturated rings. The number of aliphatic carboxylic acids is 1. The van der Waals surface area contributed by atoms with Gasteiger partial charge in [0.15, 0.2) is 5.96 Å². The summed E-state index contributed by atoms with van der Waals surface area (Å²) in [5.74, 6) is -8.35. The van der Waals surface area contributed by atoms with Crippen molar-refractivity contribution in [2.75, 3.05) is 26.2 Å². The number of carbonyl (C=O) groups is 10. The molecule has 0 saturated carbocycles. The van der Waals surface area contributed by atoms with Crippen molar-refractivity contribution < 1.29 is 62.9 Å². The van der Waals surface area contributed by atoms with E-state index in [2.05, 4.69) is 52.2 Å². The van der Waals surface area contributed by atoms with Crippen molar-refractivity contribution in [3.8, 4) is 5.75 Å². The van der Waals surface area contributed by atoms with E-state index in [9.17, 15) is 58.2 Å². The van der Waals surface area contributed by atoms with Crippen LogP contribution in [0.25, 0.3) is 0 Å². The number of ether oxygens (including phenoxy) is 1. The summed E-state index contributed by atoms with van der Waals surface area (Å²) in [7, 11) is 0. The molecule has 28 heteroatoms. The van der Waals surface area contributed by atoms with Gasteiger partial charge in [-0.05, 0) is 92.0 Å². The number of nitrogens with zero attached hydrogens (tertiary/aromatic N) is 4. The van der Waals surface area contributed by atoms with Crippen LogP contribution in [0, 0.1) is 11.8 Å². The largest absolute Gasteiger partial charge is 0.489 e. The lowest BCUT2D eigenvalue weighted by Gasteiger charge is -2.32. The Morgan fingerprint density at radius 1 is 0.621 bits per heavy atom. The van der Waals surface area contributed by atoms with Crippen LogP contribution in [0.4, 0.5) is 0 Å². The van der Waals surface area contributed by atoms with Crippen molar-refractivity contribution in [1.82, 2.24) is 57.0 Å². The Hall–Kier alpha value is -9.44. The molecule has 2 aliphatic heterocycles. The van der Waals surface area contributed by atoms with Crippen LogP contribution in [-0.2, 0) is 73.8 Å². The van der Waals surface area contributed by atoms with E-state index in [1.54, 1.807) is 68.4 Å². The van der Waals surface area contributed by atoms with Gasteiger partial charge >= 0.3 is 5.97 Å². The summed E-state index contributed by atoms with van der Waals surface area (Å²) >= 11 is 0. The normalized spacial score (nSPS) is 17.0. The number of hydrogen-bond donors (Lipinski definition) is 13. The lowest BCUT2D eigenvalue weighted by atomic mass is 10.00. The number of carboxylic acid groups (broad SMARTS) is 1. The highest BCUT2D eigenvalue weighted by Gasteiger charge is 2.42. The molecule has 3 aromatic carbocycles. The second-order valence-corrected chi connectivity index (χ2v) is 24.9. The Kier molecular flexibility index (Phi) is 29.4. The van der Waals surface area contributed by atoms with Gasteiger partial charge in [0, 0.05) is 50.8 Å². The number of H-pyrrole nitrogens is 1. The number of guanidine groups is 1. The van der Waals surface area contributed by atoms with Crippen molar-refractivity contribution in [1.29, 1.82) is 0 Å². The van der Waals surface area contributed by atoms with Crippen molar-refractivity contribution in [2.45, 2.75) is 185 Å². The number of imidazole rings is 1. The standard InChI is InChI=1S/C67H95N15O13/c1-6-7-21-47(68)64(91)81-30-15-23-54(81)62(89)76-49(32-40(2)3)58(85)75-51(35-45-36-71-39-73-45)60(87)79-53(37-83)61(88)74-48(22-14-29-72-67(69)70)57(84)80-56(41(4)5)65(92)82-31-16-24-55(82)63(90)77-50(33-42-17-10-8-11-18-42)59(86)78-52(66(93)94)34-43-25-27-46(28-26-43)95-38-44-19-12-9-13-20-44/h8-13,17-20,25-28,36,39-41,47-56,83H,6-7,14-16,21-24,29-35,37-38,68H2,1-5H3,(H,71,73)(H,74,88)(H,75,85)(H,76,89)(H,77,90)(H,78,86)(H,79,87)(H,80,84)(H,93,94)(H4,69,70,72)/t47-,48-,49-,50-,51-,52-,53-,54-,55-,56-/m0/s1. The Labute approximate surface area is 553 Å². The molecule has 6 rings (SSSR count). The Balaban J connectivity index is 1.14. The molecule has 10 atom stereocenters. The number of nitrogens with two attached hydrogens (primary N) is 3. The van der Waals surface area contributed by atoms with E-state index in [-0.39, 0.29) is 75.8 Å².